The fourth-order valence-electron chi connectivity index (χ4n) is 1.76. The lowest BCUT2D eigenvalue weighted by atomic mass is 10.1. The number of carboxylic acids is 2. The summed E-state index contributed by atoms with van der Waals surface area (Å²) in [6, 6.07) is -2.07. The zero-order valence-corrected chi connectivity index (χ0v) is 12.6. The van der Waals surface area contributed by atoms with Gasteiger partial charge in [0.15, 0.2) is 0 Å². The summed E-state index contributed by atoms with van der Waals surface area (Å²) in [4.78, 5) is 45.6. The number of urea groups is 1. The van der Waals surface area contributed by atoms with Gasteiger partial charge in [0.1, 0.15) is 12.6 Å². The number of hydrogen-bond acceptors (Lipinski definition) is 4. The van der Waals surface area contributed by atoms with Gasteiger partial charge in [-0.15, -0.1) is 0 Å². The first-order chi connectivity index (χ1) is 10.3. The van der Waals surface area contributed by atoms with Crippen LogP contribution in [0.1, 0.15) is 39.0 Å². The predicted molar refractivity (Wildman–Crippen MR) is 77.1 cm³/mol. The number of nitrogens with two attached hydrogens (primary N) is 1. The van der Waals surface area contributed by atoms with Gasteiger partial charge in [0, 0.05) is 13.0 Å². The van der Waals surface area contributed by atoms with Crippen molar-refractivity contribution in [1.29, 1.82) is 0 Å². The molecule has 9 nitrogen and oxygen atoms in total. The SMILES string of the molecule is CCCCCN(CC(=O)N[C@@H](CCC(=O)O)C(=O)O)C(N)=O. The lowest BCUT2D eigenvalue weighted by Crippen LogP contribution is -2.48. The van der Waals surface area contributed by atoms with E-state index in [1.165, 1.54) is 0 Å². The highest BCUT2D eigenvalue weighted by atomic mass is 16.4. The summed E-state index contributed by atoms with van der Waals surface area (Å²) in [6.45, 7) is 1.95. The zero-order valence-electron chi connectivity index (χ0n) is 12.6. The molecular formula is C13H23N3O6. The van der Waals surface area contributed by atoms with E-state index in [2.05, 4.69) is 5.32 Å². The van der Waals surface area contributed by atoms with Crippen LogP contribution in [0.2, 0.25) is 0 Å². The molecule has 0 saturated heterocycles. The average Bonchev–Trinajstić information content (AvgIpc) is 2.41. The molecule has 5 N–H and O–H groups in total. The van der Waals surface area contributed by atoms with Crippen LogP contribution in [0.15, 0.2) is 0 Å². The molecule has 0 aliphatic rings. The third-order valence-electron chi connectivity index (χ3n) is 2.96. The van der Waals surface area contributed by atoms with Crippen LogP contribution in [0.25, 0.3) is 0 Å². The highest BCUT2D eigenvalue weighted by molar-refractivity contribution is 5.87. The summed E-state index contributed by atoms with van der Waals surface area (Å²) < 4.78 is 0. The molecule has 0 rings (SSSR count). The number of carbonyl (C=O) groups excluding carboxylic acids is 2. The first-order valence-electron chi connectivity index (χ1n) is 7.06. The Morgan fingerprint density at radius 2 is 1.82 bits per heavy atom. The molecular weight excluding hydrogens is 294 g/mol. The molecule has 0 saturated carbocycles. The van der Waals surface area contributed by atoms with E-state index >= 15 is 0 Å². The van der Waals surface area contributed by atoms with E-state index in [1.54, 1.807) is 0 Å². The number of nitrogens with one attached hydrogen (secondary N) is 1. The Morgan fingerprint density at radius 1 is 1.18 bits per heavy atom. The average molecular weight is 317 g/mol. The van der Waals surface area contributed by atoms with Gasteiger partial charge in [-0.3, -0.25) is 9.59 Å². The van der Waals surface area contributed by atoms with Crippen LogP contribution < -0.4 is 11.1 Å². The van der Waals surface area contributed by atoms with Crippen LogP contribution in [0.4, 0.5) is 4.79 Å². The Morgan fingerprint density at radius 3 is 2.27 bits per heavy atom. The first kappa shape index (κ1) is 19.7. The van der Waals surface area contributed by atoms with Crippen molar-refractivity contribution >= 4 is 23.9 Å². The third-order valence-corrected chi connectivity index (χ3v) is 2.96. The van der Waals surface area contributed by atoms with Crippen molar-refractivity contribution in [3.63, 3.8) is 0 Å². The van der Waals surface area contributed by atoms with E-state index in [0.717, 1.165) is 17.7 Å². The number of carboxylic acid groups (broad SMARTS) is 2. The smallest absolute Gasteiger partial charge is 0.326 e. The minimum atomic E-state index is -1.33. The van der Waals surface area contributed by atoms with E-state index < -0.39 is 29.9 Å². The van der Waals surface area contributed by atoms with E-state index in [9.17, 15) is 19.2 Å². The number of unbranched alkanes of at least 4 members (excludes halogenated alkanes) is 2. The van der Waals surface area contributed by atoms with Gasteiger partial charge in [0.05, 0.1) is 0 Å². The van der Waals surface area contributed by atoms with Gasteiger partial charge in [0.25, 0.3) is 0 Å². The number of carbonyl (C=O) groups is 4. The largest absolute Gasteiger partial charge is 0.481 e. The van der Waals surface area contributed by atoms with Crippen molar-refractivity contribution in [2.45, 2.75) is 45.1 Å². The molecule has 0 bridgehead atoms. The van der Waals surface area contributed by atoms with Gasteiger partial charge in [-0.25, -0.2) is 9.59 Å². The highest BCUT2D eigenvalue weighted by Crippen LogP contribution is 2.01. The van der Waals surface area contributed by atoms with Crippen molar-refractivity contribution in [1.82, 2.24) is 10.2 Å². The fourth-order valence-corrected chi connectivity index (χ4v) is 1.76. The molecule has 0 spiro atoms. The Hall–Kier alpha value is -2.32. The lowest BCUT2D eigenvalue weighted by molar-refractivity contribution is -0.143. The summed E-state index contributed by atoms with van der Waals surface area (Å²) in [5.41, 5.74) is 5.17. The second kappa shape index (κ2) is 10.4. The normalized spacial score (nSPS) is 11.5. The Bertz CT molecular complexity index is 413. The maximum atomic E-state index is 11.8. The predicted octanol–water partition coefficient (Wildman–Crippen LogP) is -0.00850. The number of primary amides is 1. The number of aliphatic carboxylic acids is 2. The number of nitrogens with zero attached hydrogens (tertiary/aromatic N) is 1. The molecule has 0 fully saturated rings. The minimum absolute atomic E-state index is 0.233. The van der Waals surface area contributed by atoms with Crippen molar-refractivity contribution < 1.29 is 29.4 Å². The van der Waals surface area contributed by atoms with E-state index in [1.807, 2.05) is 6.92 Å². The topological polar surface area (TPSA) is 150 Å². The quantitative estimate of drug-likeness (QED) is 0.394. The second-order valence-corrected chi connectivity index (χ2v) is 4.86. The summed E-state index contributed by atoms with van der Waals surface area (Å²) in [6.07, 6.45) is 1.89. The van der Waals surface area contributed by atoms with Crippen molar-refractivity contribution in [3.8, 4) is 0 Å². The van der Waals surface area contributed by atoms with Crippen LogP contribution in [0.5, 0.6) is 0 Å². The Kier molecular flexibility index (Phi) is 9.31. The number of hydrogen-bond donors (Lipinski definition) is 4. The number of amides is 3. The lowest BCUT2D eigenvalue weighted by Gasteiger charge is -2.21. The van der Waals surface area contributed by atoms with E-state index in [-0.39, 0.29) is 19.4 Å². The zero-order chi connectivity index (χ0) is 17.1. The van der Waals surface area contributed by atoms with Crippen LogP contribution in [0.3, 0.4) is 0 Å². The molecule has 0 aliphatic heterocycles. The van der Waals surface area contributed by atoms with Gasteiger partial charge in [-0.2, -0.15) is 0 Å². The van der Waals surface area contributed by atoms with Crippen molar-refractivity contribution in [3.05, 3.63) is 0 Å². The summed E-state index contributed by atoms with van der Waals surface area (Å²) in [7, 11) is 0. The van der Waals surface area contributed by atoms with Crippen molar-refractivity contribution in [2.75, 3.05) is 13.1 Å². The molecule has 0 aliphatic carbocycles. The fraction of sp³-hybridized carbons (Fsp3) is 0.692. The van der Waals surface area contributed by atoms with Crippen LogP contribution in [0, 0.1) is 0 Å². The summed E-state index contributed by atoms with van der Waals surface area (Å²) in [5, 5.41) is 19.7. The highest BCUT2D eigenvalue weighted by Gasteiger charge is 2.22. The molecule has 3 amide bonds. The monoisotopic (exact) mass is 317 g/mol. The molecule has 1 atom stereocenters. The van der Waals surface area contributed by atoms with Gasteiger partial charge in [-0.05, 0) is 12.8 Å². The van der Waals surface area contributed by atoms with Gasteiger partial charge in [-0.1, -0.05) is 19.8 Å². The first-order valence-corrected chi connectivity index (χ1v) is 7.06. The standard InChI is InChI=1S/C13H23N3O6/c1-2-3-4-7-16(13(14)22)8-10(17)15-9(12(20)21)5-6-11(18)19/h9H,2-8H2,1H3,(H2,14,22)(H,15,17)(H,18,19)(H,20,21)/t9-/m0/s1. The third kappa shape index (κ3) is 8.77. The summed E-state index contributed by atoms with van der Waals surface area (Å²) in [5.74, 6) is -3.17. The molecule has 22 heavy (non-hydrogen) atoms. The van der Waals surface area contributed by atoms with Crippen LogP contribution >= 0.6 is 0 Å². The molecule has 0 aromatic rings. The van der Waals surface area contributed by atoms with E-state index in [0.29, 0.717) is 13.0 Å². The molecule has 126 valence electrons. The van der Waals surface area contributed by atoms with Gasteiger partial charge < -0.3 is 26.2 Å². The maximum Gasteiger partial charge on any atom is 0.326 e. The molecule has 0 heterocycles. The van der Waals surface area contributed by atoms with Crippen molar-refractivity contribution in [2.24, 2.45) is 5.73 Å². The molecule has 0 unspecified atom stereocenters. The molecule has 0 aromatic carbocycles. The van der Waals surface area contributed by atoms with Crippen LogP contribution in [-0.2, 0) is 14.4 Å². The Labute approximate surface area is 128 Å². The van der Waals surface area contributed by atoms with Crippen LogP contribution in [-0.4, -0.2) is 58.1 Å². The minimum Gasteiger partial charge on any atom is -0.481 e. The maximum absolute atomic E-state index is 11.8. The Balaban J connectivity index is 4.47. The molecule has 0 radical (unpaired) electrons. The molecule has 0 aromatic heterocycles. The summed E-state index contributed by atoms with van der Waals surface area (Å²) >= 11 is 0. The van der Waals surface area contributed by atoms with E-state index in [4.69, 9.17) is 15.9 Å². The van der Waals surface area contributed by atoms with Gasteiger partial charge >= 0.3 is 18.0 Å². The second-order valence-electron chi connectivity index (χ2n) is 4.86. The number of rotatable bonds is 11. The van der Waals surface area contributed by atoms with Gasteiger partial charge in [0.2, 0.25) is 5.91 Å². The molecule has 9 heteroatoms.